The summed E-state index contributed by atoms with van der Waals surface area (Å²) in [6, 6.07) is 9.12. The minimum absolute atomic E-state index is 0. The van der Waals surface area contributed by atoms with Crippen molar-refractivity contribution in [3.63, 3.8) is 0 Å². The third-order valence-corrected chi connectivity index (χ3v) is 5.58. The van der Waals surface area contributed by atoms with E-state index in [4.69, 9.17) is 23.2 Å². The van der Waals surface area contributed by atoms with Crippen LogP contribution in [0.4, 0.5) is 10.8 Å². The van der Waals surface area contributed by atoms with Crippen molar-refractivity contribution >= 4 is 73.9 Å². The van der Waals surface area contributed by atoms with Gasteiger partial charge in [-0.1, -0.05) is 34.5 Å². The molecule has 3 rings (SSSR count). The molecule has 0 spiro atoms. The van der Waals surface area contributed by atoms with Gasteiger partial charge in [0.25, 0.3) is 11.6 Å². The van der Waals surface area contributed by atoms with Gasteiger partial charge in [0.1, 0.15) is 0 Å². The summed E-state index contributed by atoms with van der Waals surface area (Å²) < 4.78 is 0.843. The highest BCUT2D eigenvalue weighted by Gasteiger charge is 2.25. The highest BCUT2D eigenvalue weighted by molar-refractivity contribution is 7.22. The maximum absolute atomic E-state index is 13.2. The summed E-state index contributed by atoms with van der Waals surface area (Å²) in [5.41, 5.74) is 0.584. The second-order valence-electron chi connectivity index (χ2n) is 6.29. The molecule has 0 aliphatic carbocycles. The summed E-state index contributed by atoms with van der Waals surface area (Å²) in [6.07, 6.45) is 0. The van der Waals surface area contributed by atoms with Crippen molar-refractivity contribution in [1.82, 2.24) is 9.88 Å². The van der Waals surface area contributed by atoms with Gasteiger partial charge in [-0.05, 0) is 38.4 Å². The number of benzene rings is 2. The second-order valence-corrected chi connectivity index (χ2v) is 8.14. The van der Waals surface area contributed by atoms with Crippen molar-refractivity contribution in [1.29, 1.82) is 0 Å². The number of carbonyl (C=O) groups excluding carboxylic acids is 1. The number of carbonyl (C=O) groups is 1. The van der Waals surface area contributed by atoms with E-state index in [1.807, 2.05) is 19.0 Å². The van der Waals surface area contributed by atoms with Gasteiger partial charge in [-0.2, -0.15) is 0 Å². The number of halogens is 3. The van der Waals surface area contributed by atoms with E-state index in [2.05, 4.69) is 4.98 Å². The number of anilines is 1. The Balaban J connectivity index is 0.00000300. The number of fused-ring (bicyclic) bond motifs is 1. The standard InChI is InChI=1S/C18H16Cl2N4O3S.ClH/c1-22(2)7-8-23(18-21-15-6-3-11(19)9-16(15)28-18)17(25)13-10-12(24(26)27)4-5-14(13)20;/h3-6,9-10H,7-8H2,1-2H3;1H. The van der Waals surface area contributed by atoms with Crippen LogP contribution in [0.3, 0.4) is 0 Å². The summed E-state index contributed by atoms with van der Waals surface area (Å²) in [6.45, 7) is 0.924. The fourth-order valence-electron chi connectivity index (χ4n) is 2.52. The minimum atomic E-state index is -0.559. The van der Waals surface area contributed by atoms with Crippen molar-refractivity contribution in [2.24, 2.45) is 0 Å². The molecular formula is C18H17Cl3N4O3S. The maximum Gasteiger partial charge on any atom is 0.270 e. The van der Waals surface area contributed by atoms with Crippen molar-refractivity contribution in [2.45, 2.75) is 0 Å². The number of rotatable bonds is 6. The number of nitrogens with zero attached hydrogens (tertiary/aromatic N) is 4. The number of amides is 1. The average Bonchev–Trinajstić information content (AvgIpc) is 3.04. The Labute approximate surface area is 187 Å². The van der Waals surface area contributed by atoms with Crippen LogP contribution < -0.4 is 4.90 Å². The van der Waals surface area contributed by atoms with E-state index >= 15 is 0 Å². The molecule has 7 nitrogen and oxygen atoms in total. The number of hydrogen-bond donors (Lipinski definition) is 0. The summed E-state index contributed by atoms with van der Waals surface area (Å²) in [5.74, 6) is -0.444. The van der Waals surface area contributed by atoms with Crippen LogP contribution in [0, 0.1) is 10.1 Å². The first-order chi connectivity index (χ1) is 13.3. The summed E-state index contributed by atoms with van der Waals surface area (Å²) in [4.78, 5) is 31.7. The third kappa shape index (κ3) is 5.34. The Hall–Kier alpha value is -1.97. The second kappa shape index (κ2) is 9.69. The van der Waals surface area contributed by atoms with Crippen LogP contribution in [0.1, 0.15) is 10.4 Å². The fourth-order valence-corrected chi connectivity index (χ4v) is 3.99. The van der Waals surface area contributed by atoms with Gasteiger partial charge in [0.15, 0.2) is 5.13 Å². The van der Waals surface area contributed by atoms with Gasteiger partial charge in [-0.3, -0.25) is 19.8 Å². The maximum atomic E-state index is 13.2. The molecule has 154 valence electrons. The lowest BCUT2D eigenvalue weighted by molar-refractivity contribution is -0.384. The zero-order valence-corrected chi connectivity index (χ0v) is 18.6. The Morgan fingerprint density at radius 3 is 2.55 bits per heavy atom. The molecule has 2 aromatic carbocycles. The first-order valence-corrected chi connectivity index (χ1v) is 9.80. The van der Waals surface area contributed by atoms with E-state index in [1.54, 1.807) is 18.2 Å². The lowest BCUT2D eigenvalue weighted by Crippen LogP contribution is -2.37. The quantitative estimate of drug-likeness (QED) is 0.364. The number of likely N-dealkylation sites (N-methyl/N-ethyl adjacent to an activating group) is 1. The van der Waals surface area contributed by atoms with Crippen molar-refractivity contribution in [2.75, 3.05) is 32.1 Å². The molecular weight excluding hydrogens is 459 g/mol. The molecule has 0 bridgehead atoms. The number of hydrogen-bond acceptors (Lipinski definition) is 6. The lowest BCUT2D eigenvalue weighted by Gasteiger charge is -2.22. The molecule has 0 atom stereocenters. The molecule has 0 saturated carbocycles. The van der Waals surface area contributed by atoms with E-state index in [1.165, 1.54) is 34.4 Å². The predicted octanol–water partition coefficient (Wildman–Crippen LogP) is 5.14. The molecule has 0 fully saturated rings. The van der Waals surface area contributed by atoms with Crippen LogP contribution in [0.5, 0.6) is 0 Å². The monoisotopic (exact) mass is 474 g/mol. The molecule has 3 aromatic rings. The van der Waals surface area contributed by atoms with Gasteiger partial charge in [0.2, 0.25) is 0 Å². The molecule has 29 heavy (non-hydrogen) atoms. The molecule has 0 aliphatic rings. The van der Waals surface area contributed by atoms with Crippen LogP contribution in [0.15, 0.2) is 36.4 Å². The average molecular weight is 476 g/mol. The van der Waals surface area contributed by atoms with Crippen LogP contribution in [0.2, 0.25) is 10.0 Å². The van der Waals surface area contributed by atoms with E-state index in [0.29, 0.717) is 23.2 Å². The smallest absolute Gasteiger partial charge is 0.270 e. The molecule has 0 N–H and O–H groups in total. The van der Waals surface area contributed by atoms with E-state index < -0.39 is 10.8 Å². The van der Waals surface area contributed by atoms with Crippen molar-refractivity contribution in [3.8, 4) is 0 Å². The molecule has 0 radical (unpaired) electrons. The molecule has 0 aliphatic heterocycles. The Morgan fingerprint density at radius 1 is 1.17 bits per heavy atom. The number of nitro benzene ring substituents is 1. The first kappa shape index (κ1) is 23.3. The molecule has 11 heteroatoms. The Bertz CT molecular complexity index is 1060. The minimum Gasteiger partial charge on any atom is -0.308 e. The van der Waals surface area contributed by atoms with Crippen molar-refractivity contribution in [3.05, 3.63) is 62.1 Å². The molecule has 1 heterocycles. The Kier molecular flexibility index (Phi) is 7.79. The summed E-state index contributed by atoms with van der Waals surface area (Å²) in [5, 5.41) is 12.3. The van der Waals surface area contributed by atoms with Crippen molar-refractivity contribution < 1.29 is 9.72 Å². The molecule has 0 unspecified atom stereocenters. The number of non-ortho nitro benzene ring substituents is 1. The normalized spacial score (nSPS) is 10.8. The van der Waals surface area contributed by atoms with Crippen LogP contribution >= 0.6 is 46.9 Å². The number of nitro groups is 1. The number of aromatic nitrogens is 1. The predicted molar refractivity (Wildman–Crippen MR) is 120 cm³/mol. The molecule has 0 saturated heterocycles. The van der Waals surface area contributed by atoms with Gasteiger partial charge in [-0.25, -0.2) is 4.98 Å². The van der Waals surface area contributed by atoms with Crippen LogP contribution in [-0.4, -0.2) is 47.9 Å². The third-order valence-electron chi connectivity index (χ3n) is 3.98. The van der Waals surface area contributed by atoms with Crippen LogP contribution in [0.25, 0.3) is 10.2 Å². The number of thiazole rings is 1. The van der Waals surface area contributed by atoms with Gasteiger partial charge in [-0.15, -0.1) is 12.4 Å². The van der Waals surface area contributed by atoms with Gasteiger partial charge in [0.05, 0.1) is 25.7 Å². The van der Waals surface area contributed by atoms with E-state index in [-0.39, 0.29) is 28.7 Å². The Morgan fingerprint density at radius 2 is 1.90 bits per heavy atom. The highest BCUT2D eigenvalue weighted by atomic mass is 35.5. The fraction of sp³-hybridized carbons (Fsp3) is 0.222. The molecule has 1 aromatic heterocycles. The lowest BCUT2D eigenvalue weighted by atomic mass is 10.1. The molecule has 1 amide bonds. The topological polar surface area (TPSA) is 79.6 Å². The van der Waals surface area contributed by atoms with Gasteiger partial charge >= 0.3 is 0 Å². The van der Waals surface area contributed by atoms with E-state index in [9.17, 15) is 14.9 Å². The SMILES string of the molecule is CN(C)CCN(C(=O)c1cc([N+](=O)[O-])ccc1Cl)c1nc2ccc(Cl)cc2s1.Cl. The largest absolute Gasteiger partial charge is 0.308 e. The zero-order chi connectivity index (χ0) is 20.4. The van der Waals surface area contributed by atoms with Gasteiger partial charge in [0, 0.05) is 30.2 Å². The van der Waals surface area contributed by atoms with Gasteiger partial charge < -0.3 is 4.90 Å². The van der Waals surface area contributed by atoms with Crippen LogP contribution in [-0.2, 0) is 0 Å². The first-order valence-electron chi connectivity index (χ1n) is 8.23. The van der Waals surface area contributed by atoms with E-state index in [0.717, 1.165) is 10.2 Å². The zero-order valence-electron chi connectivity index (χ0n) is 15.5. The highest BCUT2D eigenvalue weighted by Crippen LogP contribution is 2.32. The summed E-state index contributed by atoms with van der Waals surface area (Å²) in [7, 11) is 3.78. The summed E-state index contributed by atoms with van der Waals surface area (Å²) >= 11 is 13.5.